The van der Waals surface area contributed by atoms with E-state index >= 15 is 0 Å². The Bertz CT molecular complexity index is 1290. The highest BCUT2D eigenvalue weighted by Gasteiger charge is 2.64. The number of methoxy groups -OCH3 is 1. The van der Waals surface area contributed by atoms with Crippen molar-refractivity contribution < 1.29 is 59.2 Å². The molecule has 0 bridgehead atoms. The van der Waals surface area contributed by atoms with Gasteiger partial charge >= 0.3 is 11.9 Å². The molecule has 13 nitrogen and oxygen atoms in total. The molecule has 1 saturated heterocycles. The minimum absolute atomic E-state index is 0.0321. The highest BCUT2D eigenvalue weighted by Crippen LogP contribution is 2.45. The normalized spacial score (nSPS) is 34.7. The average Bonchev–Trinajstić information content (AvgIpc) is 3.44. The molecule has 1 aromatic rings. The largest absolute Gasteiger partial charge is 0.661 e. The molecule has 1 aromatic heterocycles. The molecule has 0 radical (unpaired) electrons. The number of aromatic nitrogens is 1. The molecule has 226 valence electrons. The first-order valence-electron chi connectivity index (χ1n) is 13.3. The van der Waals surface area contributed by atoms with Crippen LogP contribution in [0, 0.1) is 11.8 Å². The highest BCUT2D eigenvalue weighted by molar-refractivity contribution is 5.90. The lowest BCUT2D eigenvalue weighted by molar-refractivity contribution is -0.394. The summed E-state index contributed by atoms with van der Waals surface area (Å²) in [7, 11) is 1.18. The van der Waals surface area contributed by atoms with E-state index in [-0.39, 0.29) is 25.0 Å². The van der Waals surface area contributed by atoms with Gasteiger partial charge in [0.05, 0.1) is 32.0 Å². The topological polar surface area (TPSA) is 207 Å². The number of aliphatic hydroxyl groups excluding tert-OH is 5. The van der Waals surface area contributed by atoms with E-state index in [1.165, 1.54) is 31.5 Å². The van der Waals surface area contributed by atoms with Crippen LogP contribution >= 0.6 is 0 Å². The van der Waals surface area contributed by atoms with Gasteiger partial charge in [-0.3, -0.25) is 4.79 Å². The van der Waals surface area contributed by atoms with Crippen molar-refractivity contribution in [2.24, 2.45) is 11.8 Å². The molecule has 0 saturated carbocycles. The standard InChI is InChI=1S/C28H36NO12/c1-3-16-18(11-22(33)34)17(26(37)38-2)6-7-19(16)40-28(14-32)25(36)24(35)27(21(13-31)41-28)12-15-8-9-29-23(15)20(39-27)5-4-10-30/h3,6,8-9,12,16,18-19,21,24-25,30-32,35-36H,1,4-5,7,10-11,13-14H2,2H3,(H,33,34)/q-1. The third kappa shape index (κ3) is 5.46. The number of aliphatic carboxylic acids is 1. The molecule has 0 amide bonds. The van der Waals surface area contributed by atoms with Crippen LogP contribution in [0.2, 0.25) is 0 Å². The lowest BCUT2D eigenvalue weighted by Gasteiger charge is -2.55. The molecule has 1 fully saturated rings. The first-order chi connectivity index (χ1) is 19.6. The van der Waals surface area contributed by atoms with Crippen molar-refractivity contribution in [3.8, 4) is 0 Å². The summed E-state index contributed by atoms with van der Waals surface area (Å²) in [4.78, 5) is 28.3. The smallest absolute Gasteiger partial charge is 0.333 e. The van der Waals surface area contributed by atoms with E-state index in [2.05, 4.69) is 11.6 Å². The number of carboxylic acids is 1. The molecule has 8 atom stereocenters. The van der Waals surface area contributed by atoms with Gasteiger partial charge in [0, 0.05) is 30.4 Å². The molecular formula is C28H36NO12-. The van der Waals surface area contributed by atoms with Crippen LogP contribution < -0.4 is 15.6 Å². The summed E-state index contributed by atoms with van der Waals surface area (Å²) >= 11 is 0. The van der Waals surface area contributed by atoms with Crippen molar-refractivity contribution in [1.29, 1.82) is 0 Å². The van der Waals surface area contributed by atoms with E-state index < -0.39 is 79.2 Å². The van der Waals surface area contributed by atoms with E-state index in [4.69, 9.17) is 18.9 Å². The van der Waals surface area contributed by atoms with Crippen molar-refractivity contribution in [3.05, 3.63) is 47.1 Å². The molecule has 1 aliphatic carbocycles. The maximum absolute atomic E-state index is 12.4. The Morgan fingerprint density at radius 2 is 2.00 bits per heavy atom. The highest BCUT2D eigenvalue weighted by atomic mass is 16.7. The van der Waals surface area contributed by atoms with Crippen LogP contribution in [-0.2, 0) is 28.5 Å². The molecule has 2 aliphatic heterocycles. The van der Waals surface area contributed by atoms with Gasteiger partial charge in [-0.1, -0.05) is 23.6 Å². The molecule has 4 rings (SSSR count). The van der Waals surface area contributed by atoms with Gasteiger partial charge in [-0.15, -0.1) is 6.58 Å². The molecule has 3 aliphatic rings. The number of carbonyl (C=O) groups excluding carboxylic acids is 1. The van der Waals surface area contributed by atoms with Crippen LogP contribution in [0.5, 0.6) is 0 Å². The van der Waals surface area contributed by atoms with Crippen molar-refractivity contribution in [3.63, 3.8) is 0 Å². The minimum atomic E-state index is -2.28. The molecule has 13 heteroatoms. The number of nitrogens with zero attached hydrogens (tertiary/aromatic N) is 1. The number of fused-ring (bicyclic) bond motifs is 1. The maximum Gasteiger partial charge on any atom is 0.333 e. The Hall–Kier alpha value is -3.04. The van der Waals surface area contributed by atoms with E-state index in [0.717, 1.165) is 0 Å². The SMILES string of the molecule is C=CC1C(OC2(CO)OC(CO)C3(C=c4cc[n-]c4=C(CCCO)O3)C(O)C2O)CC=C(C(=O)OC)C1CC(=O)O. The molecule has 0 aromatic carbocycles. The number of hydrogen-bond donors (Lipinski definition) is 6. The zero-order valence-electron chi connectivity index (χ0n) is 22.6. The number of carboxylic acid groups (broad SMARTS) is 1. The Morgan fingerprint density at radius 3 is 2.61 bits per heavy atom. The van der Waals surface area contributed by atoms with Gasteiger partial charge < -0.3 is 54.6 Å². The molecular weight excluding hydrogens is 542 g/mol. The predicted octanol–water partition coefficient (Wildman–Crippen LogP) is -2.34. The maximum atomic E-state index is 12.4. The molecule has 8 unspecified atom stereocenters. The van der Waals surface area contributed by atoms with Crippen LogP contribution in [0.4, 0.5) is 0 Å². The molecule has 41 heavy (non-hydrogen) atoms. The van der Waals surface area contributed by atoms with Gasteiger partial charge in [-0.05, 0) is 24.1 Å². The summed E-state index contributed by atoms with van der Waals surface area (Å²) in [6.07, 6.45) is 0.0311. The fourth-order valence-electron chi connectivity index (χ4n) is 5.97. The first kappa shape index (κ1) is 30.9. The van der Waals surface area contributed by atoms with E-state index in [1.807, 2.05) is 0 Å². The third-order valence-corrected chi connectivity index (χ3v) is 7.98. The fraction of sp³-hybridized carbons (Fsp3) is 0.571. The third-order valence-electron chi connectivity index (χ3n) is 7.98. The van der Waals surface area contributed by atoms with Crippen molar-refractivity contribution >= 4 is 23.8 Å². The van der Waals surface area contributed by atoms with Crippen molar-refractivity contribution in [1.82, 2.24) is 4.98 Å². The Morgan fingerprint density at radius 1 is 1.24 bits per heavy atom. The Kier molecular flexibility index (Phi) is 9.39. The number of rotatable bonds is 11. The summed E-state index contributed by atoms with van der Waals surface area (Å²) in [6.45, 7) is 1.97. The second-order valence-corrected chi connectivity index (χ2v) is 10.3. The number of aliphatic hydroxyl groups is 5. The van der Waals surface area contributed by atoms with Crippen LogP contribution in [-0.4, -0.2) is 105 Å². The summed E-state index contributed by atoms with van der Waals surface area (Å²) in [6, 6.07) is 1.67. The van der Waals surface area contributed by atoms with Crippen LogP contribution in [0.3, 0.4) is 0 Å². The molecule has 1 spiro atoms. The quantitative estimate of drug-likeness (QED) is 0.120. The average molecular weight is 579 g/mol. The second kappa shape index (κ2) is 12.4. The monoisotopic (exact) mass is 578 g/mol. The Balaban J connectivity index is 1.70. The fourth-order valence-corrected chi connectivity index (χ4v) is 5.97. The number of esters is 1. The Labute approximate surface area is 235 Å². The van der Waals surface area contributed by atoms with Crippen molar-refractivity contribution in [2.75, 3.05) is 26.9 Å². The minimum Gasteiger partial charge on any atom is -0.661 e. The lowest BCUT2D eigenvalue weighted by atomic mass is 9.74. The number of carbonyl (C=O) groups is 2. The van der Waals surface area contributed by atoms with Gasteiger partial charge in [0.2, 0.25) is 5.79 Å². The van der Waals surface area contributed by atoms with Gasteiger partial charge in [0.15, 0.2) is 5.60 Å². The first-order valence-corrected chi connectivity index (χ1v) is 13.3. The van der Waals surface area contributed by atoms with E-state index in [1.54, 1.807) is 6.07 Å². The molecule has 6 N–H and O–H groups in total. The van der Waals surface area contributed by atoms with Crippen molar-refractivity contribution in [2.45, 2.75) is 61.5 Å². The lowest BCUT2D eigenvalue weighted by Crippen LogP contribution is -2.74. The summed E-state index contributed by atoms with van der Waals surface area (Å²) in [5.74, 6) is -5.53. The van der Waals surface area contributed by atoms with E-state index in [9.17, 15) is 40.2 Å². The molecule has 3 heterocycles. The van der Waals surface area contributed by atoms with E-state index in [0.29, 0.717) is 22.7 Å². The predicted molar refractivity (Wildman–Crippen MR) is 140 cm³/mol. The summed E-state index contributed by atoms with van der Waals surface area (Å²) in [5.41, 5.74) is -1.68. The second-order valence-electron chi connectivity index (χ2n) is 10.3. The summed E-state index contributed by atoms with van der Waals surface area (Å²) < 4.78 is 23.2. The van der Waals surface area contributed by atoms with Crippen LogP contribution in [0.15, 0.2) is 36.6 Å². The van der Waals surface area contributed by atoms with Crippen LogP contribution in [0.25, 0.3) is 11.8 Å². The van der Waals surface area contributed by atoms with Gasteiger partial charge in [-0.25, -0.2) is 4.79 Å². The zero-order valence-corrected chi connectivity index (χ0v) is 22.6. The number of hydrogen-bond acceptors (Lipinski definition) is 11. The zero-order chi connectivity index (χ0) is 29.9. The van der Waals surface area contributed by atoms with Gasteiger partial charge in [0.1, 0.15) is 24.9 Å². The van der Waals surface area contributed by atoms with Gasteiger partial charge in [-0.2, -0.15) is 6.20 Å². The van der Waals surface area contributed by atoms with Gasteiger partial charge in [0.25, 0.3) is 0 Å². The summed E-state index contributed by atoms with van der Waals surface area (Å²) in [5, 5.41) is 63.8. The number of ether oxygens (including phenoxy) is 4. The van der Waals surface area contributed by atoms with Crippen LogP contribution in [0.1, 0.15) is 25.7 Å².